The molecule has 4 aromatic rings. The molecule has 0 bridgehead atoms. The Morgan fingerprint density at radius 1 is 1.06 bits per heavy atom. The molecule has 0 unspecified atom stereocenters. The van der Waals surface area contributed by atoms with E-state index in [2.05, 4.69) is 10.4 Å². The molecule has 2 heterocycles. The summed E-state index contributed by atoms with van der Waals surface area (Å²) in [7, 11) is 0. The summed E-state index contributed by atoms with van der Waals surface area (Å²) in [6.07, 6.45) is 4.17. The highest BCUT2D eigenvalue weighted by Gasteiger charge is 2.10. The normalized spacial score (nSPS) is 11.0. The largest absolute Gasteiger partial charge is 0.356 e. The summed E-state index contributed by atoms with van der Waals surface area (Å²) >= 11 is 5.87. The maximum atomic E-state index is 13.1. The predicted molar refractivity (Wildman–Crippen MR) is 118 cm³/mol. The van der Waals surface area contributed by atoms with Crippen LogP contribution in [0.3, 0.4) is 0 Å². The van der Waals surface area contributed by atoms with Crippen molar-refractivity contribution in [3.05, 3.63) is 93.7 Å². The van der Waals surface area contributed by atoms with Crippen LogP contribution in [0.5, 0.6) is 0 Å². The first-order valence-corrected chi connectivity index (χ1v) is 10.2. The molecule has 0 aliphatic rings. The highest BCUT2D eigenvalue weighted by molar-refractivity contribution is 6.30. The van der Waals surface area contributed by atoms with Crippen LogP contribution in [0.2, 0.25) is 5.02 Å². The highest BCUT2D eigenvalue weighted by atomic mass is 35.5. The van der Waals surface area contributed by atoms with E-state index < -0.39 is 0 Å². The van der Waals surface area contributed by atoms with Gasteiger partial charge in [-0.2, -0.15) is 5.10 Å². The lowest BCUT2D eigenvalue weighted by Crippen LogP contribution is -2.29. The summed E-state index contributed by atoms with van der Waals surface area (Å²) in [5, 5.41) is 7.92. The molecule has 2 aromatic carbocycles. The van der Waals surface area contributed by atoms with Crippen LogP contribution in [-0.4, -0.2) is 26.6 Å². The van der Waals surface area contributed by atoms with Crippen LogP contribution >= 0.6 is 11.6 Å². The summed E-state index contributed by atoms with van der Waals surface area (Å²) in [4.78, 5) is 24.9. The minimum absolute atomic E-state index is 0.124. The van der Waals surface area contributed by atoms with Gasteiger partial charge in [-0.25, -0.2) is 8.91 Å². The number of nitrogens with zero attached hydrogens (tertiary/aromatic N) is 3. The average molecular weight is 439 g/mol. The van der Waals surface area contributed by atoms with Gasteiger partial charge in [0.15, 0.2) is 0 Å². The van der Waals surface area contributed by atoms with E-state index in [1.54, 1.807) is 30.6 Å². The zero-order valence-corrected chi connectivity index (χ0v) is 17.3. The highest BCUT2D eigenvalue weighted by Crippen LogP contribution is 2.18. The molecule has 31 heavy (non-hydrogen) atoms. The average Bonchev–Trinajstić information content (AvgIpc) is 3.20. The van der Waals surface area contributed by atoms with Crippen molar-refractivity contribution in [1.29, 1.82) is 0 Å². The fourth-order valence-electron chi connectivity index (χ4n) is 3.27. The van der Waals surface area contributed by atoms with Crippen molar-refractivity contribution in [2.45, 2.75) is 19.4 Å². The van der Waals surface area contributed by atoms with Crippen LogP contribution in [-0.2, 0) is 17.8 Å². The molecule has 0 radical (unpaired) electrons. The molecule has 2 aromatic heterocycles. The molecule has 8 heteroatoms. The summed E-state index contributed by atoms with van der Waals surface area (Å²) < 4.78 is 16.1. The van der Waals surface area contributed by atoms with Crippen LogP contribution in [0.1, 0.15) is 12.0 Å². The zero-order valence-electron chi connectivity index (χ0n) is 16.6. The maximum Gasteiger partial charge on any atom is 0.276 e. The van der Waals surface area contributed by atoms with Crippen LogP contribution < -0.4 is 10.9 Å². The topological polar surface area (TPSA) is 68.4 Å². The van der Waals surface area contributed by atoms with Crippen LogP contribution in [0.4, 0.5) is 4.39 Å². The molecule has 0 saturated heterocycles. The van der Waals surface area contributed by atoms with Crippen molar-refractivity contribution < 1.29 is 9.18 Å². The van der Waals surface area contributed by atoms with Gasteiger partial charge in [0, 0.05) is 42.5 Å². The third-order valence-electron chi connectivity index (χ3n) is 4.97. The Morgan fingerprint density at radius 2 is 1.81 bits per heavy atom. The molecule has 4 rings (SSSR count). The van der Waals surface area contributed by atoms with Crippen LogP contribution in [0, 0.1) is 5.82 Å². The number of nitrogens with one attached hydrogen (secondary N) is 1. The second-order valence-corrected chi connectivity index (χ2v) is 7.58. The van der Waals surface area contributed by atoms with Crippen molar-refractivity contribution >= 4 is 23.0 Å². The fraction of sp³-hybridized carbons (Fsp3) is 0.174. The van der Waals surface area contributed by atoms with Gasteiger partial charge in [0.25, 0.3) is 5.56 Å². The number of rotatable bonds is 7. The van der Waals surface area contributed by atoms with Crippen molar-refractivity contribution in [3.63, 3.8) is 0 Å². The number of amides is 1. The third-order valence-corrected chi connectivity index (χ3v) is 5.22. The number of hydrogen-bond acceptors (Lipinski definition) is 3. The summed E-state index contributed by atoms with van der Waals surface area (Å²) in [5.74, 6) is -0.456. The molecular formula is C23H20ClFN4O2. The minimum Gasteiger partial charge on any atom is -0.356 e. The van der Waals surface area contributed by atoms with Gasteiger partial charge in [-0.3, -0.25) is 9.59 Å². The number of aromatic nitrogens is 3. The third kappa shape index (κ3) is 5.00. The Hall–Kier alpha value is -3.45. The van der Waals surface area contributed by atoms with Gasteiger partial charge in [-0.1, -0.05) is 23.7 Å². The molecule has 0 aliphatic heterocycles. The molecular weight excluding hydrogens is 419 g/mol. The molecule has 0 saturated carbocycles. The Morgan fingerprint density at radius 3 is 2.55 bits per heavy atom. The Labute approximate surface area is 182 Å². The lowest BCUT2D eigenvalue weighted by atomic mass is 10.1. The molecule has 0 aliphatic carbocycles. The first kappa shape index (κ1) is 20.8. The Balaban J connectivity index is 1.37. The molecule has 0 atom stereocenters. The van der Waals surface area contributed by atoms with Gasteiger partial charge in [0.2, 0.25) is 5.91 Å². The van der Waals surface area contributed by atoms with E-state index >= 15 is 0 Å². The van der Waals surface area contributed by atoms with E-state index in [4.69, 9.17) is 11.6 Å². The molecule has 0 spiro atoms. The van der Waals surface area contributed by atoms with Crippen molar-refractivity contribution in [2.75, 3.05) is 6.54 Å². The quantitative estimate of drug-likeness (QED) is 0.478. The second-order valence-electron chi connectivity index (χ2n) is 7.14. The summed E-state index contributed by atoms with van der Waals surface area (Å²) in [6.45, 7) is 0.775. The van der Waals surface area contributed by atoms with Crippen LogP contribution in [0.25, 0.3) is 16.8 Å². The van der Waals surface area contributed by atoms with Gasteiger partial charge in [0.05, 0.1) is 5.69 Å². The van der Waals surface area contributed by atoms with Crippen molar-refractivity contribution in [1.82, 2.24) is 19.5 Å². The monoisotopic (exact) mass is 438 g/mol. The Bertz CT molecular complexity index is 1260. The molecule has 6 nitrogen and oxygen atoms in total. The van der Waals surface area contributed by atoms with E-state index in [0.29, 0.717) is 29.2 Å². The van der Waals surface area contributed by atoms with Crippen molar-refractivity contribution in [2.24, 2.45) is 0 Å². The van der Waals surface area contributed by atoms with Gasteiger partial charge in [0.1, 0.15) is 11.3 Å². The maximum absolute atomic E-state index is 13.1. The summed E-state index contributed by atoms with van der Waals surface area (Å²) in [5.41, 5.74) is 2.54. The molecule has 1 amide bonds. The smallest absolute Gasteiger partial charge is 0.276 e. The first-order chi connectivity index (χ1) is 15.0. The first-order valence-electron chi connectivity index (χ1n) is 9.85. The fourth-order valence-corrected chi connectivity index (χ4v) is 3.40. The number of carbonyl (C=O) groups excluding carboxylic acids is 1. The lowest BCUT2D eigenvalue weighted by molar-refractivity contribution is -0.121. The van der Waals surface area contributed by atoms with E-state index in [1.165, 1.54) is 21.2 Å². The van der Waals surface area contributed by atoms with E-state index in [1.807, 2.05) is 24.3 Å². The van der Waals surface area contributed by atoms with Crippen molar-refractivity contribution in [3.8, 4) is 11.3 Å². The Kier molecular flexibility index (Phi) is 6.13. The van der Waals surface area contributed by atoms with Gasteiger partial charge < -0.3 is 9.88 Å². The van der Waals surface area contributed by atoms with Crippen LogP contribution in [0.15, 0.2) is 71.8 Å². The number of fused-ring (bicyclic) bond motifs is 1. The lowest BCUT2D eigenvalue weighted by Gasteiger charge is -2.08. The SMILES string of the molecule is O=C(CCn1ccn2nc(-c3ccc(F)cc3)cc2c1=O)NCCc1ccc(Cl)cc1. The zero-order chi connectivity index (χ0) is 21.8. The van der Waals surface area contributed by atoms with E-state index in [0.717, 1.165) is 11.1 Å². The number of hydrogen-bond donors (Lipinski definition) is 1. The van der Waals surface area contributed by atoms with E-state index in [9.17, 15) is 14.0 Å². The molecule has 158 valence electrons. The predicted octanol–water partition coefficient (Wildman–Crippen LogP) is 3.70. The van der Waals surface area contributed by atoms with Gasteiger partial charge in [-0.15, -0.1) is 0 Å². The second kappa shape index (κ2) is 9.14. The molecule has 1 N–H and O–H groups in total. The standard InChI is InChI=1S/C23H20ClFN4O2/c24-18-5-1-16(2-6-18)9-11-26-22(30)10-12-28-13-14-29-21(23(28)31)15-20(27-29)17-3-7-19(25)8-4-17/h1-8,13-15H,9-12H2,(H,26,30). The van der Waals surface area contributed by atoms with E-state index in [-0.39, 0.29) is 30.2 Å². The number of carbonyl (C=O) groups is 1. The minimum atomic E-state index is -0.332. The number of benzene rings is 2. The number of aryl methyl sites for hydroxylation is 1. The molecule has 0 fully saturated rings. The summed E-state index contributed by atoms with van der Waals surface area (Å²) in [6, 6.07) is 15.1. The van der Waals surface area contributed by atoms with Gasteiger partial charge in [-0.05, 0) is 54.4 Å². The van der Waals surface area contributed by atoms with Gasteiger partial charge >= 0.3 is 0 Å². The number of halogens is 2.